The van der Waals surface area contributed by atoms with E-state index < -0.39 is 0 Å². The maximum atomic E-state index is 6.18. The molecule has 2 aromatic carbocycles. The van der Waals surface area contributed by atoms with Crippen LogP contribution in [0.4, 0.5) is 5.69 Å². The van der Waals surface area contributed by atoms with E-state index in [0.717, 1.165) is 11.3 Å². The maximum absolute atomic E-state index is 6.18. The molecule has 0 heterocycles. The summed E-state index contributed by atoms with van der Waals surface area (Å²) in [4.78, 5) is 0. The van der Waals surface area contributed by atoms with Crippen LogP contribution in [-0.2, 0) is 19.4 Å². The van der Waals surface area contributed by atoms with Crippen LogP contribution in [0.2, 0.25) is 10.0 Å². The number of hydrogen-bond donors (Lipinski definition) is 1. The third kappa shape index (κ3) is 2.72. The zero-order chi connectivity index (χ0) is 13.2. The summed E-state index contributed by atoms with van der Waals surface area (Å²) in [7, 11) is 0. The van der Waals surface area contributed by atoms with E-state index in [1.165, 1.54) is 30.4 Å². The lowest BCUT2D eigenvalue weighted by Crippen LogP contribution is -2.00. The molecule has 3 heteroatoms. The second-order valence-electron chi connectivity index (χ2n) is 4.90. The topological polar surface area (TPSA) is 12.0 Å². The monoisotopic (exact) mass is 291 g/mol. The molecule has 0 bridgehead atoms. The lowest BCUT2D eigenvalue weighted by molar-refractivity contribution is 0.912. The Balaban J connectivity index is 1.74. The number of hydrogen-bond acceptors (Lipinski definition) is 1. The van der Waals surface area contributed by atoms with Gasteiger partial charge in [0.05, 0.1) is 10.0 Å². The third-order valence-electron chi connectivity index (χ3n) is 3.61. The highest BCUT2D eigenvalue weighted by Gasteiger charge is 2.11. The highest BCUT2D eigenvalue weighted by molar-refractivity contribution is 6.42. The van der Waals surface area contributed by atoms with Crippen LogP contribution in [0.1, 0.15) is 23.1 Å². The van der Waals surface area contributed by atoms with Crippen LogP contribution in [0.15, 0.2) is 36.4 Å². The van der Waals surface area contributed by atoms with Gasteiger partial charge < -0.3 is 5.32 Å². The molecule has 19 heavy (non-hydrogen) atoms. The third-order valence-corrected chi connectivity index (χ3v) is 4.47. The molecule has 0 saturated carbocycles. The van der Waals surface area contributed by atoms with Crippen molar-refractivity contribution in [2.75, 3.05) is 5.32 Å². The summed E-state index contributed by atoms with van der Waals surface area (Å²) < 4.78 is 0. The zero-order valence-electron chi connectivity index (χ0n) is 10.5. The first-order valence-electron chi connectivity index (χ1n) is 6.52. The van der Waals surface area contributed by atoms with Crippen molar-refractivity contribution in [3.8, 4) is 0 Å². The van der Waals surface area contributed by atoms with Gasteiger partial charge >= 0.3 is 0 Å². The minimum absolute atomic E-state index is 0.606. The quantitative estimate of drug-likeness (QED) is 0.830. The van der Waals surface area contributed by atoms with Gasteiger partial charge in [0, 0.05) is 12.2 Å². The summed E-state index contributed by atoms with van der Waals surface area (Å²) in [6.07, 6.45) is 3.69. The average molecular weight is 292 g/mol. The number of nitrogens with one attached hydrogen (secondary N) is 1. The summed E-state index contributed by atoms with van der Waals surface area (Å²) in [6.45, 7) is 0.693. The van der Waals surface area contributed by atoms with Gasteiger partial charge in [-0.3, -0.25) is 0 Å². The minimum atomic E-state index is 0.606. The van der Waals surface area contributed by atoms with Crippen molar-refractivity contribution in [3.05, 3.63) is 63.1 Å². The smallest absolute Gasteiger partial charge is 0.0642 e. The molecule has 2 aromatic rings. The Kier molecular flexibility index (Phi) is 3.67. The van der Waals surface area contributed by atoms with Gasteiger partial charge in [0.2, 0.25) is 0 Å². The number of aryl methyl sites for hydroxylation is 2. The lowest BCUT2D eigenvalue weighted by Gasteiger charge is -2.10. The molecule has 0 saturated heterocycles. The second-order valence-corrected chi connectivity index (χ2v) is 5.69. The Morgan fingerprint density at radius 3 is 2.74 bits per heavy atom. The van der Waals surface area contributed by atoms with Gasteiger partial charge in [-0.25, -0.2) is 0 Å². The molecule has 0 aromatic heterocycles. The molecule has 1 aliphatic carbocycles. The summed E-state index contributed by atoms with van der Waals surface area (Å²) in [5, 5.41) is 4.66. The summed E-state index contributed by atoms with van der Waals surface area (Å²) in [5.74, 6) is 0. The molecule has 0 amide bonds. The van der Waals surface area contributed by atoms with E-state index in [2.05, 4.69) is 23.5 Å². The van der Waals surface area contributed by atoms with Gasteiger partial charge in [-0.05, 0) is 54.2 Å². The fourth-order valence-corrected chi connectivity index (χ4v) is 2.95. The Bertz CT molecular complexity index is 608. The van der Waals surface area contributed by atoms with Crippen LogP contribution in [0.5, 0.6) is 0 Å². The summed E-state index contributed by atoms with van der Waals surface area (Å²) in [5.41, 5.74) is 5.14. The Hall–Kier alpha value is -1.18. The molecule has 1 nitrogen and oxygen atoms in total. The molecule has 0 unspecified atom stereocenters. The van der Waals surface area contributed by atoms with Crippen LogP contribution >= 0.6 is 23.2 Å². The first kappa shape index (κ1) is 12.8. The van der Waals surface area contributed by atoms with E-state index in [9.17, 15) is 0 Å². The Morgan fingerprint density at radius 1 is 1.00 bits per heavy atom. The fraction of sp³-hybridized carbons (Fsp3) is 0.250. The maximum Gasteiger partial charge on any atom is 0.0642 e. The van der Waals surface area contributed by atoms with E-state index >= 15 is 0 Å². The minimum Gasteiger partial charge on any atom is -0.381 e. The van der Waals surface area contributed by atoms with E-state index in [-0.39, 0.29) is 0 Å². The standard InChI is InChI=1S/C16H15Cl2N/c17-15-6-2-5-13(16(15)18)10-19-14-8-7-11-3-1-4-12(11)9-14/h2,5-9,19H,1,3-4,10H2. The molecule has 1 N–H and O–H groups in total. The normalized spacial score (nSPS) is 13.4. The number of halogens is 2. The average Bonchev–Trinajstić information content (AvgIpc) is 2.88. The molecule has 3 rings (SSSR count). The van der Waals surface area contributed by atoms with Gasteiger partial charge in [0.25, 0.3) is 0 Å². The molecule has 0 atom stereocenters. The van der Waals surface area contributed by atoms with Crippen LogP contribution < -0.4 is 5.32 Å². The van der Waals surface area contributed by atoms with Crippen molar-refractivity contribution < 1.29 is 0 Å². The SMILES string of the molecule is Clc1cccc(CNc2ccc3c(c2)CCC3)c1Cl. The molecule has 1 aliphatic rings. The number of anilines is 1. The Morgan fingerprint density at radius 2 is 1.84 bits per heavy atom. The molecule has 0 radical (unpaired) electrons. The van der Waals surface area contributed by atoms with Crippen molar-refractivity contribution >= 4 is 28.9 Å². The van der Waals surface area contributed by atoms with E-state index in [1.54, 1.807) is 0 Å². The number of rotatable bonds is 3. The van der Waals surface area contributed by atoms with E-state index in [0.29, 0.717) is 16.6 Å². The van der Waals surface area contributed by atoms with Crippen LogP contribution in [0.25, 0.3) is 0 Å². The lowest BCUT2D eigenvalue weighted by atomic mass is 10.1. The fourth-order valence-electron chi connectivity index (χ4n) is 2.56. The molecule has 0 fully saturated rings. The van der Waals surface area contributed by atoms with Gasteiger partial charge in [0.15, 0.2) is 0 Å². The Labute approximate surface area is 123 Å². The largest absolute Gasteiger partial charge is 0.381 e. The first-order chi connectivity index (χ1) is 9.24. The van der Waals surface area contributed by atoms with Gasteiger partial charge in [0.1, 0.15) is 0 Å². The van der Waals surface area contributed by atoms with Crippen molar-refractivity contribution in [1.29, 1.82) is 0 Å². The van der Waals surface area contributed by atoms with E-state index in [4.69, 9.17) is 23.2 Å². The molecule has 0 aliphatic heterocycles. The van der Waals surface area contributed by atoms with Gasteiger partial charge in [-0.1, -0.05) is 41.4 Å². The molecular weight excluding hydrogens is 277 g/mol. The summed E-state index contributed by atoms with van der Waals surface area (Å²) >= 11 is 12.2. The van der Waals surface area contributed by atoms with Gasteiger partial charge in [-0.2, -0.15) is 0 Å². The summed E-state index contributed by atoms with van der Waals surface area (Å²) in [6, 6.07) is 12.3. The van der Waals surface area contributed by atoms with E-state index in [1.807, 2.05) is 18.2 Å². The zero-order valence-corrected chi connectivity index (χ0v) is 12.1. The number of benzene rings is 2. The predicted molar refractivity (Wildman–Crippen MR) is 82.3 cm³/mol. The second kappa shape index (κ2) is 5.44. The van der Waals surface area contributed by atoms with Crippen molar-refractivity contribution in [3.63, 3.8) is 0 Å². The van der Waals surface area contributed by atoms with Crippen molar-refractivity contribution in [2.45, 2.75) is 25.8 Å². The predicted octanol–water partition coefficient (Wildman–Crippen LogP) is 5.09. The molecular formula is C16H15Cl2N. The van der Waals surface area contributed by atoms with Crippen molar-refractivity contribution in [2.24, 2.45) is 0 Å². The van der Waals surface area contributed by atoms with Gasteiger partial charge in [-0.15, -0.1) is 0 Å². The highest BCUT2D eigenvalue weighted by Crippen LogP contribution is 2.28. The van der Waals surface area contributed by atoms with Crippen molar-refractivity contribution in [1.82, 2.24) is 0 Å². The molecule has 98 valence electrons. The van der Waals surface area contributed by atoms with Crippen LogP contribution in [-0.4, -0.2) is 0 Å². The van der Waals surface area contributed by atoms with Crippen LogP contribution in [0.3, 0.4) is 0 Å². The highest BCUT2D eigenvalue weighted by atomic mass is 35.5. The molecule has 0 spiro atoms. The van der Waals surface area contributed by atoms with Crippen LogP contribution in [0, 0.1) is 0 Å². The first-order valence-corrected chi connectivity index (χ1v) is 7.28. The number of fused-ring (bicyclic) bond motifs is 1.